The number of fused-ring (bicyclic) bond motifs is 1. The van der Waals surface area contributed by atoms with Crippen molar-refractivity contribution in [2.75, 3.05) is 47.9 Å². The fourth-order valence-corrected chi connectivity index (χ4v) is 8.48. The van der Waals surface area contributed by atoms with Gasteiger partial charge in [-0.25, -0.2) is 4.68 Å². The van der Waals surface area contributed by atoms with Crippen LogP contribution in [-0.2, 0) is 23.9 Å². The highest BCUT2D eigenvalue weighted by atomic mass is 16.6. The Morgan fingerprint density at radius 3 is 2.59 bits per heavy atom. The molecule has 2 atom stereocenters. The summed E-state index contributed by atoms with van der Waals surface area (Å²) in [5.74, 6) is 0.554. The lowest BCUT2D eigenvalue weighted by molar-refractivity contribution is -0.144. The lowest BCUT2D eigenvalue weighted by Crippen LogP contribution is -2.54. The first-order chi connectivity index (χ1) is 27.1. The molecule has 2 aromatic heterocycles. The summed E-state index contributed by atoms with van der Waals surface area (Å²) >= 11 is 0. The van der Waals surface area contributed by atoms with Gasteiger partial charge in [-0.3, -0.25) is 29.4 Å². The van der Waals surface area contributed by atoms with Gasteiger partial charge in [0.05, 0.1) is 42.6 Å². The average Bonchev–Trinajstić information content (AvgIpc) is 3.68. The smallest absolute Gasteiger partial charge is 0.304 e. The Labute approximate surface area is 323 Å². The molecule has 4 aliphatic rings. The number of piperidine rings is 1. The molecular weight excluding hydrogens is 718 g/mol. The highest BCUT2D eigenvalue weighted by molar-refractivity contribution is 6.02. The highest BCUT2D eigenvalue weighted by Crippen LogP contribution is 2.45. The summed E-state index contributed by atoms with van der Waals surface area (Å²) in [5.41, 5.74) is 4.09. The van der Waals surface area contributed by atoms with Crippen molar-refractivity contribution in [2.45, 2.75) is 76.6 Å². The van der Waals surface area contributed by atoms with Crippen LogP contribution in [0.1, 0.15) is 63.9 Å². The average molecular weight is 764 g/mol. The number of piperazine rings is 1. The van der Waals surface area contributed by atoms with E-state index in [0.29, 0.717) is 73.5 Å². The lowest BCUT2D eigenvalue weighted by atomic mass is 9.80. The van der Waals surface area contributed by atoms with Crippen molar-refractivity contribution in [1.29, 1.82) is 0 Å². The van der Waals surface area contributed by atoms with Crippen molar-refractivity contribution in [3.8, 4) is 28.4 Å². The van der Waals surface area contributed by atoms with Gasteiger partial charge in [-0.05, 0) is 74.8 Å². The minimum absolute atomic E-state index is 0.0124. The number of aromatic nitrogens is 4. The predicted octanol–water partition coefficient (Wildman–Crippen LogP) is 3.73. The Balaban J connectivity index is 0.928. The van der Waals surface area contributed by atoms with Crippen LogP contribution < -0.4 is 25.2 Å². The molecule has 3 fully saturated rings. The van der Waals surface area contributed by atoms with Gasteiger partial charge in [-0.15, -0.1) is 10.2 Å². The lowest BCUT2D eigenvalue weighted by Gasteiger charge is -2.42. The van der Waals surface area contributed by atoms with E-state index in [9.17, 15) is 24.3 Å². The van der Waals surface area contributed by atoms with E-state index >= 15 is 0 Å². The Kier molecular flexibility index (Phi) is 10.3. The number of nitrogens with zero attached hydrogens (tertiary/aromatic N) is 7. The number of phenolic OH excluding ortho intramolecular Hbond substituents is 1. The zero-order chi connectivity index (χ0) is 38.9. The molecule has 3 aliphatic heterocycles. The fourth-order valence-electron chi connectivity index (χ4n) is 8.48. The third-order valence-electron chi connectivity index (χ3n) is 11.2. The predicted molar refractivity (Wildman–Crippen MR) is 205 cm³/mol. The molecule has 1 saturated carbocycles. The first kappa shape index (κ1) is 36.9. The number of aromatic hydroxyl groups is 1. The van der Waals surface area contributed by atoms with Gasteiger partial charge in [0.2, 0.25) is 17.7 Å². The summed E-state index contributed by atoms with van der Waals surface area (Å²) in [6.45, 7) is 5.59. The number of imide groups is 1. The van der Waals surface area contributed by atoms with Crippen LogP contribution in [0.2, 0.25) is 0 Å². The number of anilines is 3. The van der Waals surface area contributed by atoms with Crippen LogP contribution in [0.15, 0.2) is 60.9 Å². The van der Waals surface area contributed by atoms with E-state index in [4.69, 9.17) is 9.47 Å². The Morgan fingerprint density at radius 2 is 1.82 bits per heavy atom. The van der Waals surface area contributed by atoms with E-state index in [0.717, 1.165) is 49.2 Å². The summed E-state index contributed by atoms with van der Waals surface area (Å²) in [7, 11) is 0. The summed E-state index contributed by atoms with van der Waals surface area (Å²) < 4.78 is 13.1. The molecule has 4 aromatic rings. The largest absolute Gasteiger partial charge is 0.507 e. The summed E-state index contributed by atoms with van der Waals surface area (Å²) in [5, 5.41) is 29.3. The van der Waals surface area contributed by atoms with E-state index in [1.165, 1.54) is 6.92 Å². The number of rotatable bonds is 9. The number of para-hydroxylation sites is 2. The Bertz CT molecular complexity index is 2150. The monoisotopic (exact) mass is 763 g/mol. The van der Waals surface area contributed by atoms with Gasteiger partial charge in [0.25, 0.3) is 0 Å². The normalized spacial score (nSPS) is 22.2. The number of hydrogen-bond donors (Lipinski definition) is 3. The van der Waals surface area contributed by atoms with Crippen LogP contribution in [-0.4, -0.2) is 105 Å². The minimum Gasteiger partial charge on any atom is -0.507 e. The molecule has 2 saturated heterocycles. The van der Waals surface area contributed by atoms with Gasteiger partial charge in [0.15, 0.2) is 12.0 Å². The molecule has 0 radical (unpaired) electrons. The van der Waals surface area contributed by atoms with E-state index in [1.807, 2.05) is 12.1 Å². The van der Waals surface area contributed by atoms with Crippen LogP contribution >= 0.6 is 0 Å². The van der Waals surface area contributed by atoms with Gasteiger partial charge in [0, 0.05) is 38.0 Å². The quantitative estimate of drug-likeness (QED) is 0.127. The molecule has 0 spiro atoms. The molecule has 1 aliphatic carbocycles. The highest BCUT2D eigenvalue weighted by Gasteiger charge is 2.38. The number of nitrogens with one attached hydrogen (secondary N) is 2. The van der Waals surface area contributed by atoms with Gasteiger partial charge < -0.3 is 29.7 Å². The Morgan fingerprint density at radius 1 is 1.00 bits per heavy atom. The van der Waals surface area contributed by atoms with Crippen molar-refractivity contribution >= 4 is 40.9 Å². The maximum absolute atomic E-state index is 13.7. The van der Waals surface area contributed by atoms with Crippen LogP contribution in [0, 0.1) is 0 Å². The standard InChI is InChI=1S/C40H45N9O7/c1-24(56-25(2)50)42-39-34(20-31(44-45-39)30-6-3-4-9-35(30)51)49-22-28(21-41-49)47-17-16-46(23-37(47)53)27-12-10-26(11-13-27)29-7-5-8-32-38(29)55-19-18-48(32)33-14-15-36(52)43-40(33)54/h3-9,20-22,24,26-27,33,51H,10-19,23H2,1-2H3,(H,42,45)(H,43,52,54). The van der Waals surface area contributed by atoms with Crippen molar-refractivity contribution in [1.82, 2.24) is 30.2 Å². The number of esters is 1. The van der Waals surface area contributed by atoms with Crippen LogP contribution in [0.4, 0.5) is 17.2 Å². The number of carbonyl (C=O) groups excluding carboxylic acids is 4. The third kappa shape index (κ3) is 7.48. The molecule has 2 aromatic carbocycles. The van der Waals surface area contributed by atoms with E-state index < -0.39 is 12.2 Å². The summed E-state index contributed by atoms with van der Waals surface area (Å²) in [6.07, 6.45) is 7.33. The number of carbonyl (C=O) groups is 4. The van der Waals surface area contributed by atoms with Crippen LogP contribution in [0.3, 0.4) is 0 Å². The van der Waals surface area contributed by atoms with Gasteiger partial charge in [0.1, 0.15) is 29.8 Å². The molecular formula is C40H45N9O7. The number of ether oxygens (including phenoxy) is 2. The first-order valence-corrected chi connectivity index (χ1v) is 19.2. The van der Waals surface area contributed by atoms with Gasteiger partial charge in [-0.2, -0.15) is 5.10 Å². The van der Waals surface area contributed by atoms with Crippen molar-refractivity contribution in [2.24, 2.45) is 0 Å². The van der Waals surface area contributed by atoms with Crippen LogP contribution in [0.25, 0.3) is 16.9 Å². The molecule has 3 N–H and O–H groups in total. The first-order valence-electron chi connectivity index (χ1n) is 19.2. The maximum atomic E-state index is 13.7. The second-order valence-corrected chi connectivity index (χ2v) is 14.7. The number of benzene rings is 2. The zero-order valence-corrected chi connectivity index (χ0v) is 31.4. The summed E-state index contributed by atoms with van der Waals surface area (Å²) in [4.78, 5) is 56.0. The van der Waals surface area contributed by atoms with Crippen molar-refractivity contribution in [3.63, 3.8) is 0 Å². The van der Waals surface area contributed by atoms with E-state index in [1.54, 1.807) is 59.2 Å². The Hall–Kier alpha value is -6.03. The number of hydrogen-bond acceptors (Lipinski definition) is 13. The molecule has 5 heterocycles. The SMILES string of the molecule is CC(=O)OC(C)Nc1nnc(-c2ccccc2O)cc1-n1cc(N2CCN(C3CCC(c4cccc5c4OCCN5C4CCC(=O)NC4=O)CC3)CC2=O)cn1. The van der Waals surface area contributed by atoms with Crippen molar-refractivity contribution in [3.05, 3.63) is 66.5 Å². The molecule has 2 unspecified atom stereocenters. The topological polar surface area (TPSA) is 184 Å². The molecule has 3 amide bonds. The zero-order valence-electron chi connectivity index (χ0n) is 31.4. The molecule has 56 heavy (non-hydrogen) atoms. The molecule has 292 valence electrons. The van der Waals surface area contributed by atoms with Gasteiger partial charge in [-0.1, -0.05) is 24.3 Å². The molecule has 8 rings (SSSR count). The maximum Gasteiger partial charge on any atom is 0.304 e. The van der Waals surface area contributed by atoms with Crippen molar-refractivity contribution < 1.29 is 33.8 Å². The molecule has 16 nitrogen and oxygen atoms in total. The van der Waals surface area contributed by atoms with Gasteiger partial charge >= 0.3 is 5.97 Å². The summed E-state index contributed by atoms with van der Waals surface area (Å²) in [6, 6.07) is 14.6. The third-order valence-corrected chi connectivity index (χ3v) is 11.2. The van der Waals surface area contributed by atoms with E-state index in [2.05, 4.69) is 41.8 Å². The fraction of sp³-hybridized carbons (Fsp3) is 0.425. The molecule has 16 heteroatoms. The second kappa shape index (κ2) is 15.6. The van der Waals surface area contributed by atoms with E-state index in [-0.39, 0.29) is 35.6 Å². The van der Waals surface area contributed by atoms with Crippen LogP contribution in [0.5, 0.6) is 11.5 Å². The number of amides is 3. The minimum atomic E-state index is -0.710. The second-order valence-electron chi connectivity index (χ2n) is 14.7. The number of phenols is 1. The molecule has 0 bridgehead atoms.